The molecular formula is C17H19NO8S. The number of Topliss-reactive ketones (excluding diaryl/α,β-unsaturated/α-hetero) is 1. The van der Waals surface area contributed by atoms with Crippen LogP contribution in [0.15, 0.2) is 29.1 Å². The summed E-state index contributed by atoms with van der Waals surface area (Å²) < 4.78 is 10.6. The number of ketones is 1. The predicted molar refractivity (Wildman–Crippen MR) is 92.7 cm³/mol. The van der Waals surface area contributed by atoms with Crippen LogP contribution in [0.1, 0.15) is 16.1 Å². The van der Waals surface area contributed by atoms with Crippen molar-refractivity contribution in [1.82, 2.24) is 4.98 Å². The van der Waals surface area contributed by atoms with E-state index in [4.69, 9.17) is 9.47 Å². The molecule has 1 aromatic heterocycles. The van der Waals surface area contributed by atoms with Crippen LogP contribution in [0.25, 0.3) is 0 Å². The summed E-state index contributed by atoms with van der Waals surface area (Å²) in [6.07, 6.45) is -7.09. The Balaban J connectivity index is 1.71. The summed E-state index contributed by atoms with van der Waals surface area (Å²) in [7, 11) is 0. The van der Waals surface area contributed by atoms with Crippen LogP contribution < -0.4 is 4.74 Å². The number of nitrogens with zero attached hydrogens (tertiary/aromatic N) is 1. The molecule has 0 bridgehead atoms. The maximum absolute atomic E-state index is 12.3. The van der Waals surface area contributed by atoms with E-state index in [0.717, 1.165) is 0 Å². The van der Waals surface area contributed by atoms with E-state index in [9.17, 15) is 30.3 Å². The zero-order valence-electron chi connectivity index (χ0n) is 14.0. The highest BCUT2D eigenvalue weighted by molar-refractivity contribution is 7.07. The Morgan fingerprint density at radius 1 is 1.22 bits per heavy atom. The molecule has 5 N–H and O–H groups in total. The van der Waals surface area contributed by atoms with Crippen LogP contribution in [0.5, 0.6) is 11.5 Å². The van der Waals surface area contributed by atoms with E-state index in [1.54, 1.807) is 10.9 Å². The van der Waals surface area contributed by atoms with E-state index in [1.165, 1.54) is 29.5 Å². The minimum absolute atomic E-state index is 0.0456. The van der Waals surface area contributed by atoms with Gasteiger partial charge in [0.25, 0.3) is 0 Å². The average Bonchev–Trinajstić information content (AvgIpc) is 3.15. The third kappa shape index (κ3) is 4.26. The molecule has 9 nitrogen and oxygen atoms in total. The van der Waals surface area contributed by atoms with Gasteiger partial charge in [0.1, 0.15) is 35.9 Å². The second kappa shape index (κ2) is 8.30. The van der Waals surface area contributed by atoms with E-state index < -0.39 is 37.3 Å². The first-order valence-electron chi connectivity index (χ1n) is 8.11. The number of hydrogen-bond acceptors (Lipinski definition) is 10. The van der Waals surface area contributed by atoms with Crippen molar-refractivity contribution in [3.05, 3.63) is 40.3 Å². The van der Waals surface area contributed by atoms with Crippen molar-refractivity contribution in [3.8, 4) is 11.5 Å². The summed E-state index contributed by atoms with van der Waals surface area (Å²) in [4.78, 5) is 16.3. The van der Waals surface area contributed by atoms with Crippen LogP contribution in [-0.4, -0.2) is 73.6 Å². The highest BCUT2D eigenvalue weighted by atomic mass is 32.1. The number of aliphatic hydroxyl groups is 4. The summed E-state index contributed by atoms with van der Waals surface area (Å²) in [6.45, 7) is -0.583. The van der Waals surface area contributed by atoms with Gasteiger partial charge in [-0.2, -0.15) is 0 Å². The van der Waals surface area contributed by atoms with E-state index >= 15 is 0 Å². The molecule has 1 aliphatic heterocycles. The summed E-state index contributed by atoms with van der Waals surface area (Å²) in [5.74, 6) is -0.572. The first-order valence-corrected chi connectivity index (χ1v) is 9.05. The van der Waals surface area contributed by atoms with Gasteiger partial charge in [0.15, 0.2) is 5.78 Å². The quantitative estimate of drug-likeness (QED) is 0.405. The Kier molecular flexibility index (Phi) is 6.05. The van der Waals surface area contributed by atoms with Crippen molar-refractivity contribution in [2.24, 2.45) is 0 Å². The lowest BCUT2D eigenvalue weighted by molar-refractivity contribution is -0.277. The van der Waals surface area contributed by atoms with Crippen LogP contribution in [0.2, 0.25) is 0 Å². The highest BCUT2D eigenvalue weighted by Gasteiger charge is 2.44. The number of thiazole rings is 1. The van der Waals surface area contributed by atoms with Gasteiger partial charge in [-0.3, -0.25) is 4.79 Å². The second-order valence-corrected chi connectivity index (χ2v) is 6.79. The lowest BCUT2D eigenvalue weighted by Crippen LogP contribution is -2.60. The van der Waals surface area contributed by atoms with E-state index in [2.05, 4.69) is 4.98 Å². The topological polar surface area (TPSA) is 150 Å². The number of hydrogen-bond donors (Lipinski definition) is 5. The molecule has 0 amide bonds. The van der Waals surface area contributed by atoms with Crippen molar-refractivity contribution < 1.29 is 39.8 Å². The normalized spacial score (nSPS) is 28.1. The fourth-order valence-corrected chi connectivity index (χ4v) is 3.26. The van der Waals surface area contributed by atoms with Gasteiger partial charge in [-0.05, 0) is 12.1 Å². The Morgan fingerprint density at radius 2 is 2.00 bits per heavy atom. The second-order valence-electron chi connectivity index (χ2n) is 6.07. The molecule has 1 saturated heterocycles. The average molecular weight is 397 g/mol. The standard InChI is InChI=1S/C17H19NO8S/c19-5-13-14(22)15(23)16(24)17(26-13)25-9-1-2-10(12(21)4-9)11(20)3-8-6-27-7-18-8/h1-2,4,6-7,13-17,19,21-24H,3,5H2/t13-,14-,15-,16+,17+/m1/s1. The number of benzene rings is 1. The number of aromatic hydroxyl groups is 1. The smallest absolute Gasteiger partial charge is 0.229 e. The Morgan fingerprint density at radius 3 is 2.63 bits per heavy atom. The molecule has 27 heavy (non-hydrogen) atoms. The molecule has 0 saturated carbocycles. The van der Waals surface area contributed by atoms with Crippen molar-refractivity contribution in [3.63, 3.8) is 0 Å². The molecule has 1 aliphatic rings. The van der Waals surface area contributed by atoms with Crippen molar-refractivity contribution in [1.29, 1.82) is 0 Å². The monoisotopic (exact) mass is 397 g/mol. The maximum atomic E-state index is 12.3. The van der Waals surface area contributed by atoms with Gasteiger partial charge >= 0.3 is 0 Å². The predicted octanol–water partition coefficient (Wildman–Crippen LogP) is -0.547. The highest BCUT2D eigenvalue weighted by Crippen LogP contribution is 2.29. The van der Waals surface area contributed by atoms with Crippen LogP contribution in [0.3, 0.4) is 0 Å². The molecule has 0 radical (unpaired) electrons. The van der Waals surface area contributed by atoms with Gasteiger partial charge in [-0.15, -0.1) is 11.3 Å². The summed E-state index contributed by atoms with van der Waals surface area (Å²) in [6, 6.07) is 3.94. The van der Waals surface area contributed by atoms with Crippen molar-refractivity contribution >= 4 is 17.1 Å². The molecule has 146 valence electrons. The molecule has 1 fully saturated rings. The van der Waals surface area contributed by atoms with Gasteiger partial charge in [0.2, 0.25) is 6.29 Å². The molecule has 2 heterocycles. The third-order valence-corrected chi connectivity index (χ3v) is 4.83. The van der Waals surface area contributed by atoms with Crippen LogP contribution in [-0.2, 0) is 11.2 Å². The summed E-state index contributed by atoms with van der Waals surface area (Å²) >= 11 is 1.37. The third-order valence-electron chi connectivity index (χ3n) is 4.20. The number of phenolic OH excluding ortho intramolecular Hbond substituents is 1. The first-order chi connectivity index (χ1) is 12.9. The maximum Gasteiger partial charge on any atom is 0.229 e. The zero-order chi connectivity index (χ0) is 19.6. The Hall–Kier alpha value is -2.08. The number of rotatable bonds is 6. The molecular weight excluding hydrogens is 378 g/mol. The minimum atomic E-state index is -1.58. The van der Waals surface area contributed by atoms with Gasteiger partial charge < -0.3 is 35.0 Å². The van der Waals surface area contributed by atoms with Gasteiger partial charge in [-0.25, -0.2) is 4.98 Å². The first kappa shape index (κ1) is 19.7. The number of aliphatic hydroxyl groups excluding tert-OH is 4. The minimum Gasteiger partial charge on any atom is -0.507 e. The lowest BCUT2D eigenvalue weighted by Gasteiger charge is -2.39. The SMILES string of the molecule is O=C(Cc1cscn1)c1ccc(O[C@H]2O[C@H](CO)[C@@H](O)[C@@H](O)[C@@H]2O)cc1O. The summed E-state index contributed by atoms with van der Waals surface area (Å²) in [5, 5.41) is 50.5. The van der Waals surface area contributed by atoms with Gasteiger partial charge in [0.05, 0.1) is 29.8 Å². The lowest BCUT2D eigenvalue weighted by atomic mass is 9.99. The van der Waals surface area contributed by atoms with Crippen molar-refractivity contribution in [2.75, 3.05) is 6.61 Å². The largest absolute Gasteiger partial charge is 0.507 e. The Labute approximate surface area is 158 Å². The van der Waals surface area contributed by atoms with Crippen LogP contribution in [0, 0.1) is 0 Å². The van der Waals surface area contributed by atoms with Crippen molar-refractivity contribution in [2.45, 2.75) is 37.1 Å². The molecule has 10 heteroatoms. The van der Waals surface area contributed by atoms with Crippen LogP contribution >= 0.6 is 11.3 Å². The number of aromatic nitrogens is 1. The van der Waals surface area contributed by atoms with E-state index in [-0.39, 0.29) is 29.3 Å². The summed E-state index contributed by atoms with van der Waals surface area (Å²) in [5.41, 5.74) is 2.30. The molecule has 0 unspecified atom stereocenters. The van der Waals surface area contributed by atoms with E-state index in [1.807, 2.05) is 0 Å². The fourth-order valence-electron chi connectivity index (χ4n) is 2.70. The molecule has 3 rings (SSSR count). The Bertz CT molecular complexity index is 781. The number of carbonyl (C=O) groups is 1. The molecule has 0 aliphatic carbocycles. The van der Waals surface area contributed by atoms with Gasteiger partial charge in [0, 0.05) is 11.4 Å². The fraction of sp³-hybridized carbons (Fsp3) is 0.412. The zero-order valence-corrected chi connectivity index (χ0v) is 14.8. The van der Waals surface area contributed by atoms with Gasteiger partial charge in [-0.1, -0.05) is 0 Å². The number of carbonyl (C=O) groups excluding carboxylic acids is 1. The number of ether oxygens (including phenoxy) is 2. The molecule has 1 aromatic carbocycles. The van der Waals surface area contributed by atoms with E-state index in [0.29, 0.717) is 5.69 Å². The molecule has 5 atom stereocenters. The van der Waals surface area contributed by atoms with Crippen LogP contribution in [0.4, 0.5) is 0 Å². The molecule has 0 spiro atoms. The number of phenols is 1. The molecule has 2 aromatic rings.